The van der Waals surface area contributed by atoms with E-state index in [9.17, 15) is 4.79 Å². The summed E-state index contributed by atoms with van der Waals surface area (Å²) in [5.74, 6) is 0.380. The van der Waals surface area contributed by atoms with Gasteiger partial charge in [0.2, 0.25) is 0 Å². The van der Waals surface area contributed by atoms with Crippen LogP contribution in [0.4, 0.5) is 5.69 Å². The number of fused-ring (bicyclic) bond motifs is 1. The van der Waals surface area contributed by atoms with Gasteiger partial charge in [0.1, 0.15) is 0 Å². The van der Waals surface area contributed by atoms with Crippen molar-refractivity contribution in [3.63, 3.8) is 0 Å². The summed E-state index contributed by atoms with van der Waals surface area (Å²) in [5.41, 5.74) is 3.05. The van der Waals surface area contributed by atoms with Crippen LogP contribution in [0.15, 0.2) is 28.2 Å². The van der Waals surface area contributed by atoms with Crippen LogP contribution in [0.3, 0.4) is 0 Å². The van der Waals surface area contributed by atoms with Crippen LogP contribution in [-0.4, -0.2) is 26.2 Å². The molecule has 1 heterocycles. The molecule has 4 heteroatoms. The summed E-state index contributed by atoms with van der Waals surface area (Å²) in [4.78, 5) is 14.5. The molecule has 0 unspecified atom stereocenters. The Balaban J connectivity index is 2.49. The van der Waals surface area contributed by atoms with Crippen LogP contribution in [0.25, 0.3) is 6.08 Å². The van der Waals surface area contributed by atoms with E-state index < -0.39 is 0 Å². The lowest BCUT2D eigenvalue weighted by Gasteiger charge is -2.29. The van der Waals surface area contributed by atoms with E-state index in [-0.39, 0.29) is 5.97 Å². The second-order valence-corrected chi connectivity index (χ2v) is 7.43. The molecule has 0 saturated heterocycles. The number of rotatable bonds is 3. The quantitative estimate of drug-likeness (QED) is 0.688. The van der Waals surface area contributed by atoms with E-state index in [0.29, 0.717) is 5.92 Å². The number of nitrogens with zero attached hydrogens (tertiary/aromatic N) is 1. The molecule has 1 aromatic rings. The van der Waals surface area contributed by atoms with E-state index in [4.69, 9.17) is 4.74 Å². The SMILES string of the molecule is COC(=O)/C1=C/c2cc(Br)ccc2N(CC(C)C)CCCCC1. The first-order valence-corrected chi connectivity index (χ1v) is 9.14. The van der Waals surface area contributed by atoms with Gasteiger partial charge in [0.15, 0.2) is 0 Å². The van der Waals surface area contributed by atoms with Crippen molar-refractivity contribution < 1.29 is 9.53 Å². The van der Waals surface area contributed by atoms with E-state index in [1.807, 2.05) is 6.08 Å². The number of hydrogen-bond donors (Lipinski definition) is 0. The Morgan fingerprint density at radius 1 is 1.30 bits per heavy atom. The van der Waals surface area contributed by atoms with Gasteiger partial charge >= 0.3 is 5.97 Å². The molecule has 0 atom stereocenters. The summed E-state index contributed by atoms with van der Waals surface area (Å²) < 4.78 is 5.99. The topological polar surface area (TPSA) is 29.5 Å². The van der Waals surface area contributed by atoms with Gasteiger partial charge in [0.25, 0.3) is 0 Å². The van der Waals surface area contributed by atoms with Crippen LogP contribution in [0.1, 0.15) is 45.1 Å². The Hall–Kier alpha value is -1.29. The number of carbonyl (C=O) groups is 1. The maximum atomic E-state index is 12.1. The molecular formula is C19H26BrNO2. The monoisotopic (exact) mass is 379 g/mol. The first-order chi connectivity index (χ1) is 11.0. The third kappa shape index (κ3) is 5.10. The molecule has 0 aliphatic carbocycles. The number of esters is 1. The van der Waals surface area contributed by atoms with E-state index in [2.05, 4.69) is 52.9 Å². The number of ether oxygens (including phenoxy) is 1. The average Bonchev–Trinajstić information content (AvgIpc) is 2.51. The van der Waals surface area contributed by atoms with Gasteiger partial charge < -0.3 is 9.64 Å². The third-order valence-corrected chi connectivity index (χ3v) is 4.56. The highest BCUT2D eigenvalue weighted by atomic mass is 79.9. The summed E-state index contributed by atoms with van der Waals surface area (Å²) in [5, 5.41) is 0. The largest absolute Gasteiger partial charge is 0.466 e. The minimum absolute atomic E-state index is 0.216. The fourth-order valence-corrected chi connectivity index (χ4v) is 3.41. The van der Waals surface area contributed by atoms with Crippen molar-refractivity contribution in [3.8, 4) is 0 Å². The fourth-order valence-electron chi connectivity index (χ4n) is 3.03. The van der Waals surface area contributed by atoms with Crippen molar-refractivity contribution in [2.45, 2.75) is 39.5 Å². The van der Waals surface area contributed by atoms with Crippen LogP contribution in [-0.2, 0) is 9.53 Å². The van der Waals surface area contributed by atoms with Crippen LogP contribution < -0.4 is 4.90 Å². The molecule has 0 saturated carbocycles. The highest BCUT2D eigenvalue weighted by Crippen LogP contribution is 2.30. The van der Waals surface area contributed by atoms with E-state index >= 15 is 0 Å². The van der Waals surface area contributed by atoms with Crippen molar-refractivity contribution in [1.29, 1.82) is 0 Å². The maximum absolute atomic E-state index is 12.1. The van der Waals surface area contributed by atoms with Gasteiger partial charge in [0.05, 0.1) is 7.11 Å². The zero-order chi connectivity index (χ0) is 16.8. The normalized spacial score (nSPS) is 18.1. The second kappa shape index (κ2) is 8.53. The van der Waals surface area contributed by atoms with Crippen molar-refractivity contribution in [2.24, 2.45) is 5.92 Å². The number of carbonyl (C=O) groups excluding carboxylic acids is 1. The highest BCUT2D eigenvalue weighted by molar-refractivity contribution is 9.10. The highest BCUT2D eigenvalue weighted by Gasteiger charge is 2.17. The first-order valence-electron chi connectivity index (χ1n) is 8.34. The Bertz CT molecular complexity index is 581. The average molecular weight is 380 g/mol. The van der Waals surface area contributed by atoms with Crippen molar-refractivity contribution in [3.05, 3.63) is 33.8 Å². The van der Waals surface area contributed by atoms with E-state index in [1.54, 1.807) is 0 Å². The molecule has 0 fully saturated rings. The van der Waals surface area contributed by atoms with Crippen LogP contribution in [0, 0.1) is 5.92 Å². The lowest BCUT2D eigenvalue weighted by atomic mass is 10.0. The minimum Gasteiger partial charge on any atom is -0.466 e. The smallest absolute Gasteiger partial charge is 0.333 e. The van der Waals surface area contributed by atoms with Crippen molar-refractivity contribution in [1.82, 2.24) is 0 Å². The lowest BCUT2D eigenvalue weighted by molar-refractivity contribution is -0.136. The van der Waals surface area contributed by atoms with E-state index in [1.165, 1.54) is 12.8 Å². The predicted octanol–water partition coefficient (Wildman–Crippen LogP) is 5.04. The summed E-state index contributed by atoms with van der Waals surface area (Å²) in [6, 6.07) is 6.31. The van der Waals surface area contributed by atoms with Gasteiger partial charge in [-0.2, -0.15) is 0 Å². The van der Waals surface area contributed by atoms with E-state index in [0.717, 1.165) is 54.4 Å². The molecule has 0 N–H and O–H groups in total. The molecule has 0 spiro atoms. The second-order valence-electron chi connectivity index (χ2n) is 6.51. The summed E-state index contributed by atoms with van der Waals surface area (Å²) in [7, 11) is 1.45. The standard InChI is InChI=1S/C19H26BrNO2/c1-14(2)13-21-10-6-4-5-7-15(19(22)23-3)11-16-12-17(20)8-9-18(16)21/h8-9,11-12,14H,4-7,10,13H2,1-3H3/b15-11+. The molecule has 23 heavy (non-hydrogen) atoms. The number of hydrogen-bond acceptors (Lipinski definition) is 3. The van der Waals surface area contributed by atoms with Crippen molar-refractivity contribution >= 4 is 33.7 Å². The number of halogens is 1. The molecule has 0 amide bonds. The number of anilines is 1. The molecule has 126 valence electrons. The zero-order valence-electron chi connectivity index (χ0n) is 14.3. The minimum atomic E-state index is -0.216. The molecule has 2 rings (SSSR count). The number of methoxy groups -OCH3 is 1. The Morgan fingerprint density at radius 3 is 2.78 bits per heavy atom. The predicted molar refractivity (Wildman–Crippen MR) is 99.7 cm³/mol. The van der Waals surface area contributed by atoms with Gasteiger partial charge in [0, 0.05) is 28.8 Å². The van der Waals surface area contributed by atoms with Crippen molar-refractivity contribution in [2.75, 3.05) is 25.1 Å². The molecule has 1 aliphatic rings. The Labute approximate surface area is 147 Å². The third-order valence-electron chi connectivity index (χ3n) is 4.07. The number of benzene rings is 1. The summed E-state index contributed by atoms with van der Waals surface area (Å²) in [6.07, 6.45) is 6.10. The molecule has 1 aliphatic heterocycles. The molecule has 1 aromatic carbocycles. The molecule has 0 aromatic heterocycles. The van der Waals surface area contributed by atoms with Gasteiger partial charge in [-0.05, 0) is 55.0 Å². The molecule has 0 radical (unpaired) electrons. The summed E-state index contributed by atoms with van der Waals surface area (Å²) >= 11 is 3.55. The lowest BCUT2D eigenvalue weighted by Crippen LogP contribution is -2.29. The van der Waals surface area contributed by atoms with Crippen LogP contribution in [0.5, 0.6) is 0 Å². The van der Waals surface area contributed by atoms with Gasteiger partial charge in [-0.25, -0.2) is 4.79 Å². The Kier molecular flexibility index (Phi) is 6.70. The summed E-state index contributed by atoms with van der Waals surface area (Å²) in [6.45, 7) is 6.57. The van der Waals surface area contributed by atoms with Crippen LogP contribution in [0.2, 0.25) is 0 Å². The molecule has 3 nitrogen and oxygen atoms in total. The maximum Gasteiger partial charge on any atom is 0.333 e. The zero-order valence-corrected chi connectivity index (χ0v) is 15.9. The van der Waals surface area contributed by atoms with Gasteiger partial charge in [-0.15, -0.1) is 0 Å². The van der Waals surface area contributed by atoms with Gasteiger partial charge in [-0.3, -0.25) is 0 Å². The van der Waals surface area contributed by atoms with Crippen LogP contribution >= 0.6 is 15.9 Å². The van der Waals surface area contributed by atoms with Gasteiger partial charge in [-0.1, -0.05) is 36.2 Å². The first kappa shape index (κ1) is 18.1. The Morgan fingerprint density at radius 2 is 2.09 bits per heavy atom. The fraction of sp³-hybridized carbons (Fsp3) is 0.526. The molecule has 0 bridgehead atoms. The molecular weight excluding hydrogens is 354 g/mol.